The minimum atomic E-state index is -1.99. The molecule has 5 atom stereocenters. The average Bonchev–Trinajstić information content (AvgIpc) is 3.01. The maximum Gasteiger partial charge on any atom is 0.310 e. The highest BCUT2D eigenvalue weighted by Gasteiger charge is 2.62. The van der Waals surface area contributed by atoms with Crippen LogP contribution in [0.1, 0.15) is 0 Å². The molecule has 20 heavy (non-hydrogen) atoms. The summed E-state index contributed by atoms with van der Waals surface area (Å²) in [6.45, 7) is 4.25. The summed E-state index contributed by atoms with van der Waals surface area (Å²) in [7, 11) is 2.45. The Balaban J connectivity index is 2.40. The van der Waals surface area contributed by atoms with E-state index in [0.29, 0.717) is 0 Å². The Kier molecular flexibility index (Phi) is 4.06. The van der Waals surface area contributed by atoms with Crippen molar-refractivity contribution in [2.75, 3.05) is 21.3 Å². The zero-order valence-electron chi connectivity index (χ0n) is 12.6. The highest BCUT2D eigenvalue weighted by molar-refractivity contribution is 6.73. The molecule has 112 valence electrons. The predicted octanol–water partition coefficient (Wildman–Crippen LogP) is 1.60. The molecule has 0 amide bonds. The van der Waals surface area contributed by atoms with Gasteiger partial charge in [0.2, 0.25) is 0 Å². The molecule has 2 bridgehead atoms. The number of ether oxygens (including phenoxy) is 2. The summed E-state index contributed by atoms with van der Waals surface area (Å²) in [5.74, 6) is -1.54. The normalized spacial score (nSPS) is 35.1. The molecule has 0 N–H and O–H groups in total. The van der Waals surface area contributed by atoms with Gasteiger partial charge < -0.3 is 13.9 Å². The lowest BCUT2D eigenvalue weighted by Crippen LogP contribution is -2.39. The first-order chi connectivity index (χ1) is 9.38. The molecular formula is C14H22O5Si. The monoisotopic (exact) mass is 298 g/mol. The molecule has 1 saturated carbocycles. The SMILES string of the molecule is COC(=O)[C@@H]1[C@@H](C(=O)OC)[C@H]2C=C[C@@H]1C2[Si](C)(C)OC. The van der Waals surface area contributed by atoms with Crippen LogP contribution >= 0.6 is 0 Å². The van der Waals surface area contributed by atoms with Crippen molar-refractivity contribution in [1.29, 1.82) is 0 Å². The van der Waals surface area contributed by atoms with Crippen molar-refractivity contribution < 1.29 is 23.5 Å². The van der Waals surface area contributed by atoms with Gasteiger partial charge in [-0.2, -0.15) is 0 Å². The second-order valence-electron chi connectivity index (χ2n) is 5.97. The van der Waals surface area contributed by atoms with Crippen molar-refractivity contribution in [1.82, 2.24) is 0 Å². The summed E-state index contributed by atoms with van der Waals surface area (Å²) < 4.78 is 15.5. The highest BCUT2D eigenvalue weighted by atomic mass is 28.4. The third kappa shape index (κ3) is 2.11. The number of carbonyl (C=O) groups excluding carboxylic acids is 2. The van der Waals surface area contributed by atoms with Crippen LogP contribution in [-0.2, 0) is 23.5 Å². The van der Waals surface area contributed by atoms with Gasteiger partial charge in [0.05, 0.1) is 26.1 Å². The Morgan fingerprint density at radius 1 is 0.900 bits per heavy atom. The van der Waals surface area contributed by atoms with Crippen LogP contribution in [0, 0.1) is 23.7 Å². The van der Waals surface area contributed by atoms with E-state index in [1.54, 1.807) is 7.11 Å². The van der Waals surface area contributed by atoms with Gasteiger partial charge in [0, 0.05) is 7.11 Å². The van der Waals surface area contributed by atoms with Crippen LogP contribution in [-0.4, -0.2) is 41.6 Å². The summed E-state index contributed by atoms with van der Waals surface area (Å²) in [5, 5.41) is 0. The molecule has 0 aromatic rings. The van der Waals surface area contributed by atoms with Gasteiger partial charge in [0.1, 0.15) is 0 Å². The van der Waals surface area contributed by atoms with Crippen molar-refractivity contribution in [3.05, 3.63) is 12.2 Å². The smallest absolute Gasteiger partial charge is 0.310 e. The first-order valence-electron chi connectivity index (χ1n) is 6.78. The van der Waals surface area contributed by atoms with Crippen LogP contribution in [0.5, 0.6) is 0 Å². The lowest BCUT2D eigenvalue weighted by atomic mass is 9.83. The summed E-state index contributed by atoms with van der Waals surface area (Å²) in [6.07, 6.45) is 4.09. The van der Waals surface area contributed by atoms with E-state index in [9.17, 15) is 9.59 Å². The Hall–Kier alpha value is -1.14. The number of hydrogen-bond donors (Lipinski definition) is 0. The minimum absolute atomic E-state index is 0.0122. The third-order valence-corrected chi connectivity index (χ3v) is 8.30. The molecule has 6 heteroatoms. The molecule has 2 aliphatic carbocycles. The number of methoxy groups -OCH3 is 2. The largest absolute Gasteiger partial charge is 0.469 e. The highest BCUT2D eigenvalue weighted by Crippen LogP contribution is 2.59. The van der Waals surface area contributed by atoms with Gasteiger partial charge >= 0.3 is 11.9 Å². The van der Waals surface area contributed by atoms with Crippen molar-refractivity contribution >= 4 is 20.3 Å². The van der Waals surface area contributed by atoms with E-state index in [4.69, 9.17) is 13.9 Å². The number of carbonyl (C=O) groups is 2. The molecule has 0 aliphatic heterocycles. The van der Waals surface area contributed by atoms with Crippen molar-refractivity contribution in [3.63, 3.8) is 0 Å². The van der Waals surface area contributed by atoms with Crippen LogP contribution in [0.2, 0.25) is 18.6 Å². The first kappa shape index (κ1) is 15.2. The lowest BCUT2D eigenvalue weighted by molar-refractivity contribution is -0.158. The van der Waals surface area contributed by atoms with Crippen molar-refractivity contribution in [2.45, 2.75) is 18.6 Å². The number of allylic oxidation sites excluding steroid dienone is 2. The molecule has 1 fully saturated rings. The summed E-state index contributed by atoms with van der Waals surface area (Å²) in [6, 6.07) is 0. The molecule has 0 aromatic carbocycles. The number of fused-ring (bicyclic) bond motifs is 2. The van der Waals surface area contributed by atoms with Gasteiger partial charge in [-0.15, -0.1) is 0 Å². The molecule has 0 radical (unpaired) electrons. The predicted molar refractivity (Wildman–Crippen MR) is 75.4 cm³/mol. The van der Waals surface area contributed by atoms with Gasteiger partial charge in [-0.1, -0.05) is 12.2 Å². The van der Waals surface area contributed by atoms with E-state index < -0.39 is 20.2 Å². The molecule has 0 heterocycles. The van der Waals surface area contributed by atoms with Crippen molar-refractivity contribution in [3.8, 4) is 0 Å². The second-order valence-corrected chi connectivity index (χ2v) is 10.3. The first-order valence-corrected chi connectivity index (χ1v) is 9.76. The molecular weight excluding hydrogens is 276 g/mol. The van der Waals surface area contributed by atoms with Crippen LogP contribution in [0.3, 0.4) is 0 Å². The van der Waals surface area contributed by atoms with E-state index >= 15 is 0 Å². The molecule has 1 unspecified atom stereocenters. The van der Waals surface area contributed by atoms with Gasteiger partial charge in [-0.25, -0.2) is 0 Å². The van der Waals surface area contributed by atoms with Gasteiger partial charge in [0.25, 0.3) is 0 Å². The van der Waals surface area contributed by atoms with Crippen molar-refractivity contribution in [2.24, 2.45) is 23.7 Å². The zero-order valence-corrected chi connectivity index (χ0v) is 13.6. The minimum Gasteiger partial charge on any atom is -0.469 e. The number of hydrogen-bond acceptors (Lipinski definition) is 5. The Labute approximate surface area is 120 Å². The number of rotatable bonds is 4. The lowest BCUT2D eigenvalue weighted by Gasteiger charge is -2.31. The third-order valence-electron chi connectivity index (χ3n) is 4.88. The standard InChI is InChI=1S/C14H22O5Si/c1-17-13(15)10-8-6-7-9(11(10)14(16)18-2)12(8)20(4,5)19-3/h6-12H,1-5H3/t8-,9+,10-,11-,12?/m0/s1. The quantitative estimate of drug-likeness (QED) is 0.448. The molecule has 5 nitrogen and oxygen atoms in total. The molecule has 0 spiro atoms. The Morgan fingerprint density at radius 2 is 1.30 bits per heavy atom. The summed E-state index contributed by atoms with van der Waals surface area (Å²) >= 11 is 0. The van der Waals surface area contributed by atoms with Crippen LogP contribution in [0.25, 0.3) is 0 Å². The van der Waals surface area contributed by atoms with Crippen LogP contribution in [0.4, 0.5) is 0 Å². The molecule has 0 aromatic heterocycles. The number of esters is 2. The maximum atomic E-state index is 12.1. The molecule has 0 saturated heterocycles. The Morgan fingerprint density at radius 3 is 1.60 bits per heavy atom. The summed E-state index contributed by atoms with van der Waals surface area (Å²) in [5.41, 5.74) is 0.209. The van der Waals surface area contributed by atoms with E-state index in [-0.39, 0.29) is 29.3 Å². The maximum absolute atomic E-state index is 12.1. The van der Waals surface area contributed by atoms with E-state index in [1.165, 1.54) is 14.2 Å². The zero-order chi connectivity index (χ0) is 15.1. The van der Waals surface area contributed by atoms with E-state index in [0.717, 1.165) is 0 Å². The van der Waals surface area contributed by atoms with Crippen LogP contribution in [0.15, 0.2) is 12.2 Å². The topological polar surface area (TPSA) is 61.8 Å². The second kappa shape index (κ2) is 5.33. The fraction of sp³-hybridized carbons (Fsp3) is 0.714. The fourth-order valence-corrected chi connectivity index (χ4v) is 6.62. The van der Waals surface area contributed by atoms with Gasteiger partial charge in [0.15, 0.2) is 8.32 Å². The molecule has 2 rings (SSSR count). The van der Waals surface area contributed by atoms with Crippen LogP contribution < -0.4 is 0 Å². The molecule has 2 aliphatic rings. The average molecular weight is 298 g/mol. The summed E-state index contributed by atoms with van der Waals surface area (Å²) in [4.78, 5) is 24.2. The Bertz CT molecular complexity index is 413. The van der Waals surface area contributed by atoms with E-state index in [1.807, 2.05) is 12.2 Å². The fourth-order valence-electron chi connectivity index (χ4n) is 3.86. The van der Waals surface area contributed by atoms with E-state index in [2.05, 4.69) is 13.1 Å². The van der Waals surface area contributed by atoms with Gasteiger partial charge in [-0.05, 0) is 30.5 Å². The van der Waals surface area contributed by atoms with Gasteiger partial charge in [-0.3, -0.25) is 9.59 Å².